The molecule has 0 aromatic heterocycles. The Kier molecular flexibility index (Phi) is 5.44. The Balaban J connectivity index is 1.89. The van der Waals surface area contributed by atoms with Crippen LogP contribution in [0.3, 0.4) is 0 Å². The van der Waals surface area contributed by atoms with Gasteiger partial charge in [0, 0.05) is 5.69 Å². The summed E-state index contributed by atoms with van der Waals surface area (Å²) in [6.07, 6.45) is 0. The van der Waals surface area contributed by atoms with E-state index in [4.69, 9.17) is 14.7 Å². The predicted octanol–water partition coefficient (Wildman–Crippen LogP) is 2.39. The Labute approximate surface area is 135 Å². The van der Waals surface area contributed by atoms with Gasteiger partial charge >= 0.3 is 0 Å². The predicted molar refractivity (Wildman–Crippen MR) is 87.1 cm³/mol. The summed E-state index contributed by atoms with van der Waals surface area (Å²) in [5.74, 6) is 1.06. The van der Waals surface area contributed by atoms with Crippen LogP contribution in [0.4, 0.5) is 5.69 Å². The SMILES string of the molecule is COc1ccc(OCCS(=O)(=O)Nc2cccc(C#N)c2)cc1. The summed E-state index contributed by atoms with van der Waals surface area (Å²) < 4.78 is 36.8. The van der Waals surface area contributed by atoms with Crippen LogP contribution in [0, 0.1) is 11.3 Å². The zero-order valence-corrected chi connectivity index (χ0v) is 13.3. The number of hydrogen-bond donors (Lipinski definition) is 1. The first kappa shape index (κ1) is 16.6. The van der Waals surface area contributed by atoms with Crippen molar-refractivity contribution < 1.29 is 17.9 Å². The van der Waals surface area contributed by atoms with E-state index in [0.29, 0.717) is 22.7 Å². The third kappa shape index (κ3) is 5.20. The van der Waals surface area contributed by atoms with Crippen molar-refractivity contribution in [1.82, 2.24) is 0 Å². The average molecular weight is 332 g/mol. The number of methoxy groups -OCH3 is 1. The summed E-state index contributed by atoms with van der Waals surface area (Å²) in [5.41, 5.74) is 0.744. The quantitative estimate of drug-likeness (QED) is 0.841. The molecule has 0 amide bonds. The van der Waals surface area contributed by atoms with Gasteiger partial charge < -0.3 is 9.47 Å². The van der Waals surface area contributed by atoms with Crippen LogP contribution < -0.4 is 14.2 Å². The van der Waals surface area contributed by atoms with E-state index >= 15 is 0 Å². The van der Waals surface area contributed by atoms with Crippen molar-refractivity contribution in [2.45, 2.75) is 0 Å². The summed E-state index contributed by atoms with van der Waals surface area (Å²) in [4.78, 5) is 0. The molecule has 0 fully saturated rings. The number of hydrogen-bond acceptors (Lipinski definition) is 5. The van der Waals surface area contributed by atoms with Crippen molar-refractivity contribution in [3.63, 3.8) is 0 Å². The normalized spacial score (nSPS) is 10.6. The molecule has 0 radical (unpaired) electrons. The van der Waals surface area contributed by atoms with Gasteiger partial charge in [0.25, 0.3) is 0 Å². The van der Waals surface area contributed by atoms with Crippen molar-refractivity contribution in [1.29, 1.82) is 5.26 Å². The minimum absolute atomic E-state index is 0.0135. The van der Waals surface area contributed by atoms with Crippen molar-refractivity contribution in [3.05, 3.63) is 54.1 Å². The Morgan fingerprint density at radius 1 is 1.13 bits per heavy atom. The summed E-state index contributed by atoms with van der Waals surface area (Å²) in [6, 6.07) is 15.1. The Morgan fingerprint density at radius 2 is 1.83 bits per heavy atom. The van der Waals surface area contributed by atoms with E-state index in [-0.39, 0.29) is 12.4 Å². The number of sulfonamides is 1. The molecule has 0 saturated heterocycles. The fourth-order valence-corrected chi connectivity index (χ4v) is 2.71. The summed E-state index contributed by atoms with van der Waals surface area (Å²) in [5, 5.41) is 8.81. The van der Waals surface area contributed by atoms with E-state index in [0.717, 1.165) is 0 Å². The number of rotatable bonds is 7. The summed E-state index contributed by atoms with van der Waals surface area (Å²) >= 11 is 0. The second-order valence-electron chi connectivity index (χ2n) is 4.64. The van der Waals surface area contributed by atoms with Crippen LogP contribution in [0.1, 0.15) is 5.56 Å². The molecule has 0 spiro atoms. The van der Waals surface area contributed by atoms with E-state index < -0.39 is 10.0 Å². The van der Waals surface area contributed by atoms with Gasteiger partial charge in [-0.3, -0.25) is 4.72 Å². The first-order chi connectivity index (χ1) is 11.0. The number of benzene rings is 2. The van der Waals surface area contributed by atoms with Gasteiger partial charge in [-0.15, -0.1) is 0 Å². The molecule has 6 nitrogen and oxygen atoms in total. The lowest BCUT2D eigenvalue weighted by Gasteiger charge is -2.10. The second-order valence-corrected chi connectivity index (χ2v) is 6.48. The van der Waals surface area contributed by atoms with Crippen LogP contribution in [-0.4, -0.2) is 27.9 Å². The summed E-state index contributed by atoms with van der Waals surface area (Å²) in [6.45, 7) is 0.0135. The van der Waals surface area contributed by atoms with Gasteiger partial charge in [0.05, 0.1) is 18.7 Å². The number of nitrogens with zero attached hydrogens (tertiary/aromatic N) is 1. The smallest absolute Gasteiger partial charge is 0.236 e. The van der Waals surface area contributed by atoms with E-state index in [2.05, 4.69) is 4.72 Å². The highest BCUT2D eigenvalue weighted by Crippen LogP contribution is 2.17. The van der Waals surface area contributed by atoms with Crippen LogP contribution >= 0.6 is 0 Å². The Bertz CT molecular complexity index is 796. The fourth-order valence-electron chi connectivity index (χ4n) is 1.82. The molecule has 0 heterocycles. The maximum Gasteiger partial charge on any atom is 0.236 e. The number of nitrogens with one attached hydrogen (secondary N) is 1. The monoisotopic (exact) mass is 332 g/mol. The molecule has 0 atom stereocenters. The highest BCUT2D eigenvalue weighted by Gasteiger charge is 2.11. The van der Waals surface area contributed by atoms with E-state index in [1.807, 2.05) is 6.07 Å². The Hall–Kier alpha value is -2.72. The standard InChI is InChI=1S/C16H16N2O4S/c1-21-15-5-7-16(8-6-15)22-9-10-23(19,20)18-14-4-2-3-13(11-14)12-17/h2-8,11,18H,9-10H2,1H3. The molecule has 0 aliphatic heterocycles. The van der Waals surface area contributed by atoms with Crippen LogP contribution in [-0.2, 0) is 10.0 Å². The number of ether oxygens (including phenoxy) is 2. The molecular weight excluding hydrogens is 316 g/mol. The minimum atomic E-state index is -3.55. The third-order valence-corrected chi connectivity index (χ3v) is 4.20. The van der Waals surface area contributed by atoms with Crippen LogP contribution in [0.2, 0.25) is 0 Å². The first-order valence-electron chi connectivity index (χ1n) is 6.80. The molecule has 7 heteroatoms. The topological polar surface area (TPSA) is 88.4 Å². The number of nitriles is 1. The zero-order chi connectivity index (χ0) is 16.7. The molecule has 0 aliphatic carbocycles. The van der Waals surface area contributed by atoms with Crippen LogP contribution in [0.5, 0.6) is 11.5 Å². The Morgan fingerprint density at radius 3 is 2.48 bits per heavy atom. The van der Waals surface area contributed by atoms with E-state index in [1.54, 1.807) is 49.6 Å². The minimum Gasteiger partial charge on any atom is -0.497 e. The third-order valence-electron chi connectivity index (χ3n) is 2.95. The molecule has 1 N–H and O–H groups in total. The lowest BCUT2D eigenvalue weighted by Crippen LogP contribution is -2.21. The molecule has 0 saturated carbocycles. The first-order valence-corrected chi connectivity index (χ1v) is 8.45. The largest absolute Gasteiger partial charge is 0.497 e. The van der Waals surface area contributed by atoms with Crippen molar-refractivity contribution in [3.8, 4) is 17.6 Å². The van der Waals surface area contributed by atoms with Gasteiger partial charge in [0.1, 0.15) is 23.9 Å². The molecule has 0 bridgehead atoms. The molecule has 0 aliphatic rings. The lowest BCUT2D eigenvalue weighted by molar-refractivity contribution is 0.340. The van der Waals surface area contributed by atoms with Gasteiger partial charge in [-0.1, -0.05) is 6.07 Å². The molecular formula is C16H16N2O4S. The molecule has 23 heavy (non-hydrogen) atoms. The van der Waals surface area contributed by atoms with Gasteiger partial charge in [-0.25, -0.2) is 8.42 Å². The maximum absolute atomic E-state index is 12.0. The van der Waals surface area contributed by atoms with Crippen LogP contribution in [0.15, 0.2) is 48.5 Å². The lowest BCUT2D eigenvalue weighted by atomic mass is 10.2. The highest BCUT2D eigenvalue weighted by molar-refractivity contribution is 7.92. The van der Waals surface area contributed by atoms with Crippen molar-refractivity contribution in [2.75, 3.05) is 24.2 Å². The van der Waals surface area contributed by atoms with Gasteiger partial charge in [-0.2, -0.15) is 5.26 Å². The van der Waals surface area contributed by atoms with Gasteiger partial charge in [0.2, 0.25) is 10.0 Å². The van der Waals surface area contributed by atoms with Gasteiger partial charge in [-0.05, 0) is 42.5 Å². The summed E-state index contributed by atoms with van der Waals surface area (Å²) in [7, 11) is -1.99. The fraction of sp³-hybridized carbons (Fsp3) is 0.188. The van der Waals surface area contributed by atoms with Crippen molar-refractivity contribution in [2.24, 2.45) is 0 Å². The average Bonchev–Trinajstić information content (AvgIpc) is 2.55. The molecule has 2 aromatic rings. The zero-order valence-electron chi connectivity index (χ0n) is 12.5. The molecule has 0 unspecified atom stereocenters. The molecule has 2 aromatic carbocycles. The number of anilines is 1. The van der Waals surface area contributed by atoms with Gasteiger partial charge in [0.15, 0.2) is 0 Å². The second kappa shape index (κ2) is 7.51. The van der Waals surface area contributed by atoms with Crippen LogP contribution in [0.25, 0.3) is 0 Å². The van der Waals surface area contributed by atoms with E-state index in [1.165, 1.54) is 6.07 Å². The van der Waals surface area contributed by atoms with Crippen molar-refractivity contribution >= 4 is 15.7 Å². The highest BCUT2D eigenvalue weighted by atomic mass is 32.2. The maximum atomic E-state index is 12.0. The van der Waals surface area contributed by atoms with E-state index in [9.17, 15) is 8.42 Å². The molecule has 2 rings (SSSR count). The molecule has 120 valence electrons.